The van der Waals surface area contributed by atoms with Crippen LogP contribution in [0.4, 0.5) is 8.78 Å². The molecule has 1 saturated carbocycles. The largest absolute Gasteiger partial charge is 0.330 e. The van der Waals surface area contributed by atoms with E-state index >= 15 is 0 Å². The Balaban J connectivity index is 2.41. The fraction of sp³-hybridized carbons (Fsp3) is 0.833. The molecule has 53 valence electrons. The summed E-state index contributed by atoms with van der Waals surface area (Å²) in [4.78, 5) is 0. The van der Waals surface area contributed by atoms with Gasteiger partial charge in [0.25, 0.3) is 0 Å². The number of alkyl halides is 2. The second-order valence-electron chi connectivity index (χ2n) is 2.91. The van der Waals surface area contributed by atoms with Crippen LogP contribution in [0.1, 0.15) is 12.8 Å². The summed E-state index contributed by atoms with van der Waals surface area (Å²) in [6, 6.07) is 0. The number of nitrogens with two attached hydrogens (primary N) is 1. The average Bonchev–Trinajstić information content (AvgIpc) is 1.61. The summed E-state index contributed by atoms with van der Waals surface area (Å²) in [5.41, 5.74) is 4.67. The minimum atomic E-state index is -2.48. The molecule has 9 heavy (non-hydrogen) atoms. The zero-order valence-electron chi connectivity index (χ0n) is 5.16. The molecule has 1 nitrogen and oxygen atoms in total. The van der Waals surface area contributed by atoms with Crippen LogP contribution in [0, 0.1) is 12.3 Å². The molecule has 1 fully saturated rings. The first-order chi connectivity index (χ1) is 3.97. The molecule has 1 rings (SSSR count). The highest BCUT2D eigenvalue weighted by atomic mass is 19.3. The van der Waals surface area contributed by atoms with Crippen molar-refractivity contribution in [2.24, 2.45) is 11.1 Å². The van der Waals surface area contributed by atoms with Gasteiger partial charge in [0.05, 0.1) is 0 Å². The van der Waals surface area contributed by atoms with Crippen LogP contribution in [0.2, 0.25) is 0 Å². The lowest BCUT2D eigenvalue weighted by molar-refractivity contribution is -0.138. The molecule has 0 aromatic heterocycles. The van der Waals surface area contributed by atoms with Gasteiger partial charge in [-0.1, -0.05) is 0 Å². The highest BCUT2D eigenvalue weighted by Crippen LogP contribution is 2.50. The SMILES string of the molecule is [CH2]C1(CN)CC(F)(F)C1. The summed E-state index contributed by atoms with van der Waals surface area (Å²) in [5.74, 6) is -2.48. The zero-order valence-corrected chi connectivity index (χ0v) is 5.16. The van der Waals surface area contributed by atoms with E-state index in [0.29, 0.717) is 0 Å². The standard InChI is InChI=1S/C6H10F2N/c1-5(4-9)2-6(7,8)3-5/h1-4,9H2. The van der Waals surface area contributed by atoms with Crippen LogP contribution < -0.4 is 5.73 Å². The maximum atomic E-state index is 12.1. The maximum Gasteiger partial charge on any atom is 0.249 e. The third kappa shape index (κ3) is 1.21. The van der Waals surface area contributed by atoms with Gasteiger partial charge in [0.15, 0.2) is 0 Å². The summed E-state index contributed by atoms with van der Waals surface area (Å²) >= 11 is 0. The molecule has 0 aromatic carbocycles. The predicted molar refractivity (Wildman–Crippen MR) is 31.0 cm³/mol. The average molecular weight is 134 g/mol. The fourth-order valence-corrected chi connectivity index (χ4v) is 1.19. The Morgan fingerprint density at radius 3 is 2.00 bits per heavy atom. The van der Waals surface area contributed by atoms with E-state index in [0.717, 1.165) is 0 Å². The van der Waals surface area contributed by atoms with Crippen LogP contribution in [0.5, 0.6) is 0 Å². The third-order valence-corrected chi connectivity index (χ3v) is 1.70. The smallest absolute Gasteiger partial charge is 0.249 e. The van der Waals surface area contributed by atoms with E-state index in [4.69, 9.17) is 5.73 Å². The molecule has 0 aliphatic heterocycles. The van der Waals surface area contributed by atoms with Crippen LogP contribution in [0.25, 0.3) is 0 Å². The van der Waals surface area contributed by atoms with Crippen molar-refractivity contribution in [1.82, 2.24) is 0 Å². The Morgan fingerprint density at radius 1 is 1.44 bits per heavy atom. The summed E-state index contributed by atoms with van der Waals surface area (Å²) < 4.78 is 24.2. The van der Waals surface area contributed by atoms with E-state index in [-0.39, 0.29) is 19.4 Å². The number of rotatable bonds is 1. The molecule has 0 unspecified atom stereocenters. The summed E-state index contributed by atoms with van der Waals surface area (Å²) in [7, 11) is 0. The minimum Gasteiger partial charge on any atom is -0.330 e. The van der Waals surface area contributed by atoms with E-state index in [9.17, 15) is 8.78 Å². The number of halogens is 2. The van der Waals surface area contributed by atoms with E-state index in [1.54, 1.807) is 0 Å². The molecular formula is C6H10F2N. The molecule has 1 aliphatic carbocycles. The van der Waals surface area contributed by atoms with Crippen LogP contribution in [-0.4, -0.2) is 12.5 Å². The molecule has 0 atom stereocenters. The van der Waals surface area contributed by atoms with Crippen molar-refractivity contribution in [3.8, 4) is 0 Å². The van der Waals surface area contributed by atoms with Crippen LogP contribution in [0.3, 0.4) is 0 Å². The molecule has 0 aromatic rings. The first kappa shape index (κ1) is 6.93. The van der Waals surface area contributed by atoms with Crippen molar-refractivity contribution in [3.63, 3.8) is 0 Å². The third-order valence-electron chi connectivity index (χ3n) is 1.70. The van der Waals surface area contributed by atoms with Gasteiger partial charge in [-0.15, -0.1) is 0 Å². The van der Waals surface area contributed by atoms with Gasteiger partial charge in [0, 0.05) is 12.8 Å². The van der Waals surface area contributed by atoms with Gasteiger partial charge < -0.3 is 5.73 Å². The van der Waals surface area contributed by atoms with Gasteiger partial charge in [-0.25, -0.2) is 8.78 Å². The van der Waals surface area contributed by atoms with E-state index in [2.05, 4.69) is 6.92 Å². The van der Waals surface area contributed by atoms with Crippen LogP contribution in [0.15, 0.2) is 0 Å². The molecule has 1 radical (unpaired) electrons. The molecule has 0 heterocycles. The molecular weight excluding hydrogens is 124 g/mol. The highest BCUT2D eigenvalue weighted by molar-refractivity contribution is 5.01. The van der Waals surface area contributed by atoms with Crippen molar-refractivity contribution < 1.29 is 8.78 Å². The van der Waals surface area contributed by atoms with E-state index in [1.165, 1.54) is 0 Å². The number of hydrogen-bond acceptors (Lipinski definition) is 1. The molecule has 0 saturated heterocycles. The molecule has 0 bridgehead atoms. The van der Waals surface area contributed by atoms with Crippen molar-refractivity contribution >= 4 is 0 Å². The van der Waals surface area contributed by atoms with Crippen molar-refractivity contribution in [2.45, 2.75) is 18.8 Å². The second kappa shape index (κ2) is 1.66. The first-order valence-corrected chi connectivity index (χ1v) is 2.91. The first-order valence-electron chi connectivity index (χ1n) is 2.91. The van der Waals surface area contributed by atoms with Crippen molar-refractivity contribution in [3.05, 3.63) is 6.92 Å². The highest BCUT2D eigenvalue weighted by Gasteiger charge is 2.52. The predicted octanol–water partition coefficient (Wildman–Crippen LogP) is 1.19. The molecule has 2 N–H and O–H groups in total. The Kier molecular flexibility index (Phi) is 1.28. The maximum absolute atomic E-state index is 12.1. The van der Waals surface area contributed by atoms with Crippen LogP contribution in [-0.2, 0) is 0 Å². The summed E-state index contributed by atoms with van der Waals surface area (Å²) in [6.07, 6.45) is -0.285. The second-order valence-corrected chi connectivity index (χ2v) is 2.91. The monoisotopic (exact) mass is 134 g/mol. The lowest BCUT2D eigenvalue weighted by atomic mass is 9.68. The Morgan fingerprint density at radius 2 is 1.89 bits per heavy atom. The normalized spacial score (nSPS) is 29.3. The minimum absolute atomic E-state index is 0.142. The Hall–Kier alpha value is -0.180. The van der Waals surface area contributed by atoms with Gasteiger partial charge in [-0.05, 0) is 18.9 Å². The van der Waals surface area contributed by atoms with Crippen LogP contribution >= 0.6 is 0 Å². The van der Waals surface area contributed by atoms with Gasteiger partial charge in [0.1, 0.15) is 0 Å². The zero-order chi connectivity index (χ0) is 7.12. The van der Waals surface area contributed by atoms with Crippen molar-refractivity contribution in [1.29, 1.82) is 0 Å². The van der Waals surface area contributed by atoms with Gasteiger partial charge in [0.2, 0.25) is 5.92 Å². The summed E-state index contributed by atoms with van der Waals surface area (Å²) in [6.45, 7) is 3.85. The Bertz CT molecular complexity index is 114. The summed E-state index contributed by atoms with van der Waals surface area (Å²) in [5, 5.41) is 0. The topological polar surface area (TPSA) is 26.0 Å². The fourth-order valence-electron chi connectivity index (χ4n) is 1.19. The van der Waals surface area contributed by atoms with Crippen molar-refractivity contribution in [2.75, 3.05) is 6.54 Å². The van der Waals surface area contributed by atoms with Gasteiger partial charge in [-0.3, -0.25) is 0 Å². The van der Waals surface area contributed by atoms with Gasteiger partial charge >= 0.3 is 0 Å². The number of hydrogen-bond donors (Lipinski definition) is 1. The lowest BCUT2D eigenvalue weighted by Crippen LogP contribution is -2.48. The molecule has 3 heteroatoms. The molecule has 0 spiro atoms. The quantitative estimate of drug-likeness (QED) is 0.572. The Labute approximate surface area is 53.2 Å². The van der Waals surface area contributed by atoms with E-state index < -0.39 is 11.3 Å². The lowest BCUT2D eigenvalue weighted by Gasteiger charge is -2.43. The van der Waals surface area contributed by atoms with E-state index in [1.807, 2.05) is 0 Å². The molecule has 1 aliphatic rings. The van der Waals surface area contributed by atoms with Gasteiger partial charge in [-0.2, -0.15) is 0 Å². The molecule has 0 amide bonds.